The van der Waals surface area contributed by atoms with Crippen LogP contribution >= 0.6 is 0 Å². The number of hydrogen-bond acceptors (Lipinski definition) is 4. The van der Waals surface area contributed by atoms with Crippen molar-refractivity contribution >= 4 is 15.9 Å². The summed E-state index contributed by atoms with van der Waals surface area (Å²) >= 11 is 0. The van der Waals surface area contributed by atoms with Gasteiger partial charge in [0, 0.05) is 6.04 Å². The number of amides is 1. The molecule has 1 aliphatic carbocycles. The van der Waals surface area contributed by atoms with E-state index in [-0.39, 0.29) is 29.0 Å². The van der Waals surface area contributed by atoms with Crippen LogP contribution in [0.4, 0.5) is 0 Å². The van der Waals surface area contributed by atoms with Crippen LogP contribution in [0, 0.1) is 11.3 Å². The Hall–Kier alpha value is -1.91. The topological polar surface area (TPSA) is 99.1 Å². The second-order valence-electron chi connectivity index (χ2n) is 5.69. The lowest BCUT2D eigenvalue weighted by Gasteiger charge is -2.16. The lowest BCUT2D eigenvalue weighted by atomic mass is 10.1. The minimum Gasteiger partial charge on any atom is -0.352 e. The van der Waals surface area contributed by atoms with E-state index in [0.29, 0.717) is 0 Å². The largest absolute Gasteiger partial charge is 0.352 e. The summed E-state index contributed by atoms with van der Waals surface area (Å²) in [6, 6.07) is 7.89. The molecule has 2 rings (SSSR count). The second-order valence-corrected chi connectivity index (χ2v) is 7.42. The van der Waals surface area contributed by atoms with Gasteiger partial charge < -0.3 is 5.32 Å². The van der Waals surface area contributed by atoms with Crippen molar-refractivity contribution in [3.05, 3.63) is 29.8 Å². The van der Waals surface area contributed by atoms with Crippen LogP contribution in [0.1, 0.15) is 44.1 Å². The lowest BCUT2D eigenvalue weighted by molar-refractivity contribution is -0.120. The summed E-state index contributed by atoms with van der Waals surface area (Å²) in [5, 5.41) is 11.9. The average Bonchev–Trinajstić information content (AvgIpc) is 2.81. The Kier molecular flexibility index (Phi) is 6.13. The molecule has 124 valence electrons. The van der Waals surface area contributed by atoms with Crippen LogP contribution < -0.4 is 10.0 Å². The van der Waals surface area contributed by atoms with Crippen molar-refractivity contribution in [1.82, 2.24) is 10.0 Å². The Balaban J connectivity index is 1.93. The first kappa shape index (κ1) is 17.4. The van der Waals surface area contributed by atoms with Gasteiger partial charge in [-0.3, -0.25) is 4.79 Å². The zero-order valence-corrected chi connectivity index (χ0v) is 13.7. The van der Waals surface area contributed by atoms with Crippen molar-refractivity contribution in [2.75, 3.05) is 6.54 Å². The van der Waals surface area contributed by atoms with Crippen molar-refractivity contribution in [3.8, 4) is 6.07 Å². The van der Waals surface area contributed by atoms with E-state index < -0.39 is 10.0 Å². The normalized spacial score (nSPS) is 16.3. The van der Waals surface area contributed by atoms with Crippen LogP contribution in [0.2, 0.25) is 0 Å². The fraction of sp³-hybridized carbons (Fsp3) is 0.500. The minimum atomic E-state index is -3.88. The highest BCUT2D eigenvalue weighted by Gasteiger charge is 2.20. The highest BCUT2D eigenvalue weighted by atomic mass is 32.2. The molecule has 1 amide bonds. The standard InChI is InChI=1S/C16H21N3O3S/c17-11-13-7-5-6-10-15(13)23(21,22)18-12-16(20)19-14-8-3-1-2-4-9-14/h5-7,10,14,18H,1-4,8-9,12H2,(H,19,20). The summed E-state index contributed by atoms with van der Waals surface area (Å²) in [4.78, 5) is 11.8. The van der Waals surface area contributed by atoms with Gasteiger partial charge in [-0.1, -0.05) is 37.8 Å². The first-order chi connectivity index (χ1) is 11.0. The summed E-state index contributed by atoms with van der Waals surface area (Å²) in [5.74, 6) is -0.338. The molecule has 23 heavy (non-hydrogen) atoms. The van der Waals surface area contributed by atoms with Crippen molar-refractivity contribution in [2.24, 2.45) is 0 Å². The van der Waals surface area contributed by atoms with Gasteiger partial charge >= 0.3 is 0 Å². The Bertz CT molecular complexity index is 687. The number of carbonyl (C=O) groups is 1. The molecular weight excluding hydrogens is 314 g/mol. The third kappa shape index (κ3) is 5.05. The molecule has 0 radical (unpaired) electrons. The fourth-order valence-electron chi connectivity index (χ4n) is 2.73. The predicted molar refractivity (Wildman–Crippen MR) is 86.0 cm³/mol. The molecule has 2 N–H and O–H groups in total. The fourth-order valence-corrected chi connectivity index (χ4v) is 3.87. The van der Waals surface area contributed by atoms with Gasteiger partial charge in [0.15, 0.2) is 0 Å². The van der Waals surface area contributed by atoms with E-state index in [1.807, 2.05) is 6.07 Å². The van der Waals surface area contributed by atoms with Gasteiger partial charge in [0.05, 0.1) is 17.0 Å². The molecular formula is C16H21N3O3S. The Labute approximate surface area is 136 Å². The number of nitriles is 1. The van der Waals surface area contributed by atoms with Gasteiger partial charge in [0.2, 0.25) is 15.9 Å². The maximum absolute atomic E-state index is 12.2. The number of rotatable bonds is 5. The molecule has 0 aromatic heterocycles. The maximum atomic E-state index is 12.2. The number of hydrogen-bond donors (Lipinski definition) is 2. The number of nitrogens with one attached hydrogen (secondary N) is 2. The third-order valence-electron chi connectivity index (χ3n) is 3.94. The Morgan fingerprint density at radius 1 is 1.17 bits per heavy atom. The van der Waals surface area contributed by atoms with E-state index in [1.54, 1.807) is 12.1 Å². The van der Waals surface area contributed by atoms with Gasteiger partial charge in [-0.25, -0.2) is 13.1 Å². The quantitative estimate of drug-likeness (QED) is 0.800. The summed E-state index contributed by atoms with van der Waals surface area (Å²) in [6.45, 7) is -0.321. The molecule has 0 aliphatic heterocycles. The summed E-state index contributed by atoms with van der Waals surface area (Å²) in [7, 11) is -3.88. The van der Waals surface area contributed by atoms with Crippen molar-refractivity contribution in [2.45, 2.75) is 49.5 Å². The van der Waals surface area contributed by atoms with Gasteiger partial charge in [0.25, 0.3) is 0 Å². The highest BCUT2D eigenvalue weighted by molar-refractivity contribution is 7.89. The highest BCUT2D eigenvalue weighted by Crippen LogP contribution is 2.17. The summed E-state index contributed by atoms with van der Waals surface area (Å²) < 4.78 is 26.7. The first-order valence-corrected chi connectivity index (χ1v) is 9.29. The van der Waals surface area contributed by atoms with Gasteiger partial charge in [0.1, 0.15) is 6.07 Å². The van der Waals surface area contributed by atoms with Crippen LogP contribution in [0.5, 0.6) is 0 Å². The van der Waals surface area contributed by atoms with Gasteiger partial charge in [-0.05, 0) is 25.0 Å². The lowest BCUT2D eigenvalue weighted by Crippen LogP contribution is -2.41. The molecule has 0 heterocycles. The van der Waals surface area contributed by atoms with Gasteiger partial charge in [-0.15, -0.1) is 0 Å². The van der Waals surface area contributed by atoms with E-state index in [1.165, 1.54) is 25.0 Å². The molecule has 0 bridgehead atoms. The van der Waals surface area contributed by atoms with Crippen LogP contribution in [0.15, 0.2) is 29.2 Å². The Morgan fingerprint density at radius 2 is 1.83 bits per heavy atom. The Morgan fingerprint density at radius 3 is 2.48 bits per heavy atom. The number of carbonyl (C=O) groups excluding carboxylic acids is 1. The minimum absolute atomic E-state index is 0.0594. The zero-order valence-electron chi connectivity index (χ0n) is 12.9. The van der Waals surface area contributed by atoms with Crippen LogP contribution in [-0.4, -0.2) is 26.9 Å². The molecule has 1 aromatic rings. The molecule has 0 unspecified atom stereocenters. The number of nitrogens with zero attached hydrogens (tertiary/aromatic N) is 1. The number of benzene rings is 1. The van der Waals surface area contributed by atoms with E-state index in [4.69, 9.17) is 5.26 Å². The van der Waals surface area contributed by atoms with Crippen LogP contribution in [0.25, 0.3) is 0 Å². The molecule has 7 heteroatoms. The van der Waals surface area contributed by atoms with Crippen LogP contribution in [0.3, 0.4) is 0 Å². The average molecular weight is 335 g/mol. The maximum Gasteiger partial charge on any atom is 0.242 e. The van der Waals surface area contributed by atoms with E-state index in [0.717, 1.165) is 25.7 Å². The molecule has 0 spiro atoms. The summed E-state index contributed by atoms with van der Waals surface area (Å²) in [5.41, 5.74) is 0.0594. The zero-order chi connectivity index (χ0) is 16.7. The molecule has 0 atom stereocenters. The van der Waals surface area contributed by atoms with Crippen molar-refractivity contribution < 1.29 is 13.2 Å². The van der Waals surface area contributed by atoms with Crippen LogP contribution in [-0.2, 0) is 14.8 Å². The molecule has 6 nitrogen and oxygen atoms in total. The van der Waals surface area contributed by atoms with Gasteiger partial charge in [-0.2, -0.15) is 5.26 Å². The molecule has 0 saturated heterocycles. The molecule has 1 aliphatic rings. The molecule has 1 saturated carbocycles. The molecule has 1 fully saturated rings. The van der Waals surface area contributed by atoms with E-state index in [9.17, 15) is 13.2 Å². The number of sulfonamides is 1. The first-order valence-electron chi connectivity index (χ1n) is 7.81. The summed E-state index contributed by atoms with van der Waals surface area (Å²) in [6.07, 6.45) is 6.43. The molecule has 1 aromatic carbocycles. The smallest absolute Gasteiger partial charge is 0.242 e. The SMILES string of the molecule is N#Cc1ccccc1S(=O)(=O)NCC(=O)NC1CCCCCC1. The predicted octanol–water partition coefficient (Wildman–Crippen LogP) is 1.68. The third-order valence-corrected chi connectivity index (χ3v) is 5.40. The van der Waals surface area contributed by atoms with E-state index in [2.05, 4.69) is 10.0 Å². The monoisotopic (exact) mass is 335 g/mol. The van der Waals surface area contributed by atoms with Crippen molar-refractivity contribution in [1.29, 1.82) is 5.26 Å². The second kappa shape index (κ2) is 8.09. The van der Waals surface area contributed by atoms with E-state index >= 15 is 0 Å². The van der Waals surface area contributed by atoms with Crippen molar-refractivity contribution in [3.63, 3.8) is 0 Å².